The molecule has 1 N–H and O–H groups in total. The number of rotatable bonds is 5. The number of benzene rings is 1. The van der Waals surface area contributed by atoms with E-state index in [1.54, 1.807) is 11.9 Å². The zero-order valence-corrected chi connectivity index (χ0v) is 13.3. The van der Waals surface area contributed by atoms with Crippen molar-refractivity contribution in [2.75, 3.05) is 33.3 Å². The van der Waals surface area contributed by atoms with E-state index in [0.717, 1.165) is 0 Å². The summed E-state index contributed by atoms with van der Waals surface area (Å²) >= 11 is 0. The van der Waals surface area contributed by atoms with Gasteiger partial charge in [-0.2, -0.15) is 0 Å². The fraction of sp³-hybridized carbons (Fsp3) is 0.562. The maximum absolute atomic E-state index is 12.8. The topological polar surface area (TPSA) is 53.0 Å². The summed E-state index contributed by atoms with van der Waals surface area (Å²) in [5.74, 6) is 0.227. The van der Waals surface area contributed by atoms with Gasteiger partial charge in [0.15, 0.2) is 0 Å². The van der Waals surface area contributed by atoms with Crippen LogP contribution < -0.4 is 4.74 Å². The molecule has 1 aliphatic rings. The van der Waals surface area contributed by atoms with Gasteiger partial charge in [0.25, 0.3) is 0 Å². The van der Waals surface area contributed by atoms with Gasteiger partial charge < -0.3 is 14.7 Å². The first-order valence-electron chi connectivity index (χ1n) is 7.38. The number of ether oxygens (including phenoxy) is 1. The maximum atomic E-state index is 12.8. The third-order valence-electron chi connectivity index (χ3n) is 4.05. The fourth-order valence-electron chi connectivity index (χ4n) is 2.60. The first kappa shape index (κ1) is 16.7. The number of hydrogen-bond donors (Lipinski definition) is 1. The number of amides is 1. The summed E-state index contributed by atoms with van der Waals surface area (Å²) in [6, 6.07) is 5.66. The van der Waals surface area contributed by atoms with Crippen molar-refractivity contribution in [1.82, 2.24) is 9.80 Å². The van der Waals surface area contributed by atoms with Crippen molar-refractivity contribution in [2.24, 2.45) is 0 Å². The quantitative estimate of drug-likeness (QED) is 0.885. The van der Waals surface area contributed by atoms with Gasteiger partial charge in [-0.1, -0.05) is 0 Å². The Labute approximate surface area is 130 Å². The molecule has 0 aromatic heterocycles. The normalized spacial score (nSPS) is 20.0. The molecule has 1 amide bonds. The molecule has 6 heteroatoms. The number of aliphatic hydroxyl groups excluding tert-OH is 1. The lowest BCUT2D eigenvalue weighted by Crippen LogP contribution is -2.63. The van der Waals surface area contributed by atoms with Crippen LogP contribution in [-0.4, -0.2) is 65.7 Å². The van der Waals surface area contributed by atoms with Crippen LogP contribution in [0.4, 0.5) is 4.39 Å². The van der Waals surface area contributed by atoms with E-state index in [-0.39, 0.29) is 18.3 Å². The summed E-state index contributed by atoms with van der Waals surface area (Å²) in [6.07, 6.45) is -0.722. The average molecular weight is 310 g/mol. The molecule has 1 heterocycles. The molecule has 1 aromatic carbocycles. The van der Waals surface area contributed by atoms with E-state index in [9.17, 15) is 14.3 Å². The predicted molar refractivity (Wildman–Crippen MR) is 81.2 cm³/mol. The predicted octanol–water partition coefficient (Wildman–Crippen LogP) is 1.12. The lowest BCUT2D eigenvalue weighted by Gasteiger charge is -2.45. The molecule has 1 aromatic rings. The summed E-state index contributed by atoms with van der Waals surface area (Å²) in [5, 5.41) is 10.1. The van der Waals surface area contributed by atoms with E-state index >= 15 is 0 Å². The summed E-state index contributed by atoms with van der Waals surface area (Å²) in [7, 11) is 1.79. The minimum Gasteiger partial charge on any atom is -0.491 e. The van der Waals surface area contributed by atoms with E-state index < -0.39 is 11.6 Å². The Morgan fingerprint density at radius 2 is 1.95 bits per heavy atom. The van der Waals surface area contributed by atoms with Gasteiger partial charge in [0, 0.05) is 26.7 Å². The van der Waals surface area contributed by atoms with Gasteiger partial charge in [-0.25, -0.2) is 4.39 Å². The van der Waals surface area contributed by atoms with Gasteiger partial charge in [-0.05, 0) is 38.1 Å². The van der Waals surface area contributed by atoms with Gasteiger partial charge in [0.05, 0.1) is 5.54 Å². The second kappa shape index (κ2) is 6.62. The van der Waals surface area contributed by atoms with Crippen LogP contribution >= 0.6 is 0 Å². The number of likely N-dealkylation sites (N-methyl/N-ethyl adjacent to an activating group) is 1. The number of halogens is 1. The molecule has 22 heavy (non-hydrogen) atoms. The lowest BCUT2D eigenvalue weighted by atomic mass is 9.97. The van der Waals surface area contributed by atoms with E-state index in [2.05, 4.69) is 0 Å². The largest absolute Gasteiger partial charge is 0.491 e. The summed E-state index contributed by atoms with van der Waals surface area (Å²) in [5.41, 5.74) is -0.635. The van der Waals surface area contributed by atoms with Crippen molar-refractivity contribution < 1.29 is 19.0 Å². The number of β-amino-alcohol motifs (C(OH)–C–C–N with tert-alkyl or cyclic N) is 1. The molecule has 1 atom stereocenters. The SMILES string of the molecule is CN1CCN(CC(O)COc2ccc(F)cc2)C(C)(C)C1=O. The molecule has 2 rings (SSSR count). The molecular formula is C16H23FN2O3. The standard InChI is InChI=1S/C16H23FN2O3/c1-16(2)15(21)18(3)8-9-19(16)10-13(20)11-22-14-6-4-12(17)5-7-14/h4-7,13,20H,8-11H2,1-3H3. The lowest BCUT2D eigenvalue weighted by molar-refractivity contribution is -0.148. The Morgan fingerprint density at radius 3 is 2.59 bits per heavy atom. The molecule has 122 valence electrons. The second-order valence-electron chi connectivity index (χ2n) is 6.15. The monoisotopic (exact) mass is 310 g/mol. The highest BCUT2D eigenvalue weighted by atomic mass is 19.1. The molecule has 1 saturated heterocycles. The third kappa shape index (κ3) is 3.75. The van der Waals surface area contributed by atoms with Gasteiger partial charge in [0.2, 0.25) is 5.91 Å². The molecule has 0 spiro atoms. The zero-order valence-electron chi connectivity index (χ0n) is 13.3. The Bertz CT molecular complexity index is 519. The highest BCUT2D eigenvalue weighted by molar-refractivity contribution is 5.86. The molecule has 0 saturated carbocycles. The van der Waals surface area contributed by atoms with Crippen LogP contribution in [0.25, 0.3) is 0 Å². The first-order chi connectivity index (χ1) is 10.3. The average Bonchev–Trinajstić information content (AvgIpc) is 2.48. The molecule has 1 unspecified atom stereocenters. The minimum absolute atomic E-state index is 0.0467. The van der Waals surface area contributed by atoms with Gasteiger partial charge in [-0.3, -0.25) is 9.69 Å². The van der Waals surface area contributed by atoms with Crippen LogP contribution in [0.3, 0.4) is 0 Å². The Kier molecular flexibility index (Phi) is 5.03. The van der Waals surface area contributed by atoms with Crippen molar-refractivity contribution >= 4 is 5.91 Å². The van der Waals surface area contributed by atoms with Crippen molar-refractivity contribution in [1.29, 1.82) is 0 Å². The van der Waals surface area contributed by atoms with Crippen LogP contribution in [0.5, 0.6) is 5.75 Å². The Balaban J connectivity index is 1.87. The number of piperazine rings is 1. The summed E-state index contributed by atoms with van der Waals surface area (Å²) < 4.78 is 18.2. The van der Waals surface area contributed by atoms with Crippen LogP contribution in [0.15, 0.2) is 24.3 Å². The van der Waals surface area contributed by atoms with Crippen molar-refractivity contribution in [2.45, 2.75) is 25.5 Å². The van der Waals surface area contributed by atoms with Gasteiger partial charge in [-0.15, -0.1) is 0 Å². The van der Waals surface area contributed by atoms with Crippen molar-refractivity contribution in [3.8, 4) is 5.75 Å². The molecule has 0 radical (unpaired) electrons. The minimum atomic E-state index is -0.722. The van der Waals surface area contributed by atoms with E-state index in [1.165, 1.54) is 24.3 Å². The third-order valence-corrected chi connectivity index (χ3v) is 4.05. The molecule has 1 fully saturated rings. The smallest absolute Gasteiger partial charge is 0.242 e. The number of nitrogens with zero attached hydrogens (tertiary/aromatic N) is 2. The van der Waals surface area contributed by atoms with E-state index in [4.69, 9.17) is 4.74 Å². The molecular weight excluding hydrogens is 287 g/mol. The Morgan fingerprint density at radius 1 is 1.32 bits per heavy atom. The van der Waals surface area contributed by atoms with Crippen LogP contribution in [0, 0.1) is 5.82 Å². The first-order valence-corrected chi connectivity index (χ1v) is 7.38. The van der Waals surface area contributed by atoms with Crippen LogP contribution in [-0.2, 0) is 4.79 Å². The van der Waals surface area contributed by atoms with Gasteiger partial charge >= 0.3 is 0 Å². The maximum Gasteiger partial charge on any atom is 0.242 e. The van der Waals surface area contributed by atoms with Gasteiger partial charge in [0.1, 0.15) is 24.3 Å². The molecule has 5 nitrogen and oxygen atoms in total. The highest BCUT2D eigenvalue weighted by Gasteiger charge is 2.40. The number of hydrogen-bond acceptors (Lipinski definition) is 4. The highest BCUT2D eigenvalue weighted by Crippen LogP contribution is 2.22. The fourth-order valence-corrected chi connectivity index (χ4v) is 2.60. The molecule has 0 bridgehead atoms. The summed E-state index contributed by atoms with van der Waals surface area (Å²) in [4.78, 5) is 15.9. The molecule has 0 aliphatic carbocycles. The zero-order chi connectivity index (χ0) is 16.3. The summed E-state index contributed by atoms with van der Waals surface area (Å²) in [6.45, 7) is 5.53. The molecule has 1 aliphatic heterocycles. The van der Waals surface area contributed by atoms with E-state index in [0.29, 0.717) is 25.4 Å². The number of aliphatic hydroxyl groups is 1. The van der Waals surface area contributed by atoms with Crippen LogP contribution in [0.2, 0.25) is 0 Å². The van der Waals surface area contributed by atoms with Crippen LogP contribution in [0.1, 0.15) is 13.8 Å². The second-order valence-corrected chi connectivity index (χ2v) is 6.15. The number of carbonyl (C=O) groups excluding carboxylic acids is 1. The van der Waals surface area contributed by atoms with Crippen molar-refractivity contribution in [3.05, 3.63) is 30.1 Å². The van der Waals surface area contributed by atoms with Crippen molar-refractivity contribution in [3.63, 3.8) is 0 Å². The van der Waals surface area contributed by atoms with E-state index in [1.807, 2.05) is 18.7 Å². The Hall–Kier alpha value is -1.66. The number of carbonyl (C=O) groups is 1.